The molecule has 10 nitrogen and oxygen atoms in total. The fourth-order valence-corrected chi connectivity index (χ4v) is 6.91. The highest BCUT2D eigenvalue weighted by molar-refractivity contribution is 6.26. The molecule has 0 bridgehead atoms. The molecule has 7 rings (SSSR count). The van der Waals surface area contributed by atoms with E-state index in [0.29, 0.717) is 42.2 Å². The molecule has 1 fully saturated rings. The van der Waals surface area contributed by atoms with Crippen LogP contribution in [0, 0.1) is 0 Å². The predicted octanol–water partition coefficient (Wildman–Crippen LogP) is 7.81. The Morgan fingerprint density at radius 1 is 0.961 bits per heavy atom. The number of aromatic nitrogens is 3. The molecule has 3 aromatic carbocycles. The number of allylic oxidation sites excluding steroid dienone is 1. The summed E-state index contributed by atoms with van der Waals surface area (Å²) in [7, 11) is 1.89. The van der Waals surface area contributed by atoms with Crippen molar-refractivity contribution in [2.75, 3.05) is 18.1 Å². The Morgan fingerprint density at radius 3 is 2.35 bits per heavy atom. The van der Waals surface area contributed by atoms with Crippen LogP contribution in [0.1, 0.15) is 62.2 Å². The number of anilines is 1. The first-order valence-electron chi connectivity index (χ1n) is 17.2. The minimum absolute atomic E-state index is 0.0144. The Kier molecular flexibility index (Phi) is 9.03. The highest BCUT2D eigenvalue weighted by Gasteiger charge is 2.35. The molecule has 10 heteroatoms. The van der Waals surface area contributed by atoms with Gasteiger partial charge in [-0.2, -0.15) is 5.10 Å². The molecule has 0 N–H and O–H groups in total. The summed E-state index contributed by atoms with van der Waals surface area (Å²) in [6.07, 6.45) is 6.62. The molecule has 51 heavy (non-hydrogen) atoms. The number of para-hydroxylation sites is 1. The maximum atomic E-state index is 13.6. The number of carbonyl (C=O) groups is 3. The van der Waals surface area contributed by atoms with Crippen LogP contribution < -0.4 is 4.90 Å². The van der Waals surface area contributed by atoms with Gasteiger partial charge >= 0.3 is 6.09 Å². The molecule has 5 aromatic rings. The van der Waals surface area contributed by atoms with Gasteiger partial charge in [0.05, 0.1) is 28.8 Å². The van der Waals surface area contributed by atoms with Crippen molar-refractivity contribution in [3.05, 3.63) is 108 Å². The third kappa shape index (κ3) is 6.92. The van der Waals surface area contributed by atoms with Gasteiger partial charge in [0.15, 0.2) is 0 Å². The van der Waals surface area contributed by atoms with Crippen molar-refractivity contribution in [3.8, 4) is 22.3 Å². The summed E-state index contributed by atoms with van der Waals surface area (Å²) in [6, 6.07) is 23.2. The highest BCUT2D eigenvalue weighted by Crippen LogP contribution is 2.39. The van der Waals surface area contributed by atoms with Gasteiger partial charge in [-0.3, -0.25) is 19.2 Å². The molecule has 0 unspecified atom stereocenters. The standard InChI is InChI=1S/C41H41N5O5/c1-26(47)46-37-13-9-8-12-33(37)39(48)38(46)22-29-21-34(32-11-7-6-10-31(32)28-23-42-44(5)25-28)35-20-27(14-15-36(35)43-29)24-45(30-16-18-50-19-17-30)40(49)51-41(2,3)4/h6-15,20-23,25,30H,16-19,24H2,1-5H3/b38-22-. The van der Waals surface area contributed by atoms with Crippen LogP contribution in [-0.2, 0) is 27.9 Å². The second-order valence-electron chi connectivity index (χ2n) is 14.1. The van der Waals surface area contributed by atoms with E-state index in [0.717, 1.165) is 46.0 Å². The SMILES string of the molecule is CC(=O)N1/C(=C\c2cc(-c3ccccc3-c3cnn(C)c3)c3cc(CN(C(=O)OC(C)(C)C)C4CCOCC4)ccc3n2)C(=O)c2ccccc21. The van der Waals surface area contributed by atoms with E-state index in [1.54, 1.807) is 29.0 Å². The number of fused-ring (bicyclic) bond motifs is 2. The lowest BCUT2D eigenvalue weighted by Crippen LogP contribution is -2.45. The number of ether oxygens (including phenoxy) is 2. The summed E-state index contributed by atoms with van der Waals surface area (Å²) in [5, 5.41) is 5.30. The van der Waals surface area contributed by atoms with Gasteiger partial charge < -0.3 is 14.4 Å². The van der Waals surface area contributed by atoms with Crippen molar-refractivity contribution in [2.45, 2.75) is 58.7 Å². The van der Waals surface area contributed by atoms with Crippen molar-refractivity contribution in [1.82, 2.24) is 19.7 Å². The fourth-order valence-electron chi connectivity index (χ4n) is 6.91. The average molecular weight is 684 g/mol. The van der Waals surface area contributed by atoms with Gasteiger partial charge in [0, 0.05) is 62.5 Å². The van der Waals surface area contributed by atoms with E-state index in [4.69, 9.17) is 14.5 Å². The lowest BCUT2D eigenvalue weighted by atomic mass is 9.92. The zero-order valence-electron chi connectivity index (χ0n) is 29.6. The number of rotatable bonds is 6. The molecule has 0 saturated carbocycles. The van der Waals surface area contributed by atoms with Gasteiger partial charge in [-0.25, -0.2) is 9.78 Å². The van der Waals surface area contributed by atoms with Gasteiger partial charge in [0.1, 0.15) is 5.60 Å². The maximum Gasteiger partial charge on any atom is 0.410 e. The summed E-state index contributed by atoms with van der Waals surface area (Å²) in [4.78, 5) is 48.4. The number of carbonyl (C=O) groups excluding carboxylic acids is 3. The highest BCUT2D eigenvalue weighted by atomic mass is 16.6. The topological polar surface area (TPSA) is 107 Å². The lowest BCUT2D eigenvalue weighted by molar-refractivity contribution is -0.116. The van der Waals surface area contributed by atoms with Crippen LogP contribution in [0.3, 0.4) is 0 Å². The molecule has 260 valence electrons. The first-order chi connectivity index (χ1) is 24.5. The van der Waals surface area contributed by atoms with Crippen LogP contribution in [0.2, 0.25) is 0 Å². The Labute approximate surface area is 297 Å². The first-order valence-corrected chi connectivity index (χ1v) is 17.2. The number of Topliss-reactive ketones (excluding diaryl/α,β-unsaturated/α-hetero) is 1. The van der Waals surface area contributed by atoms with E-state index in [9.17, 15) is 14.4 Å². The molecular formula is C41H41N5O5. The van der Waals surface area contributed by atoms with Gasteiger partial charge in [-0.1, -0.05) is 42.5 Å². The van der Waals surface area contributed by atoms with Gasteiger partial charge in [0.2, 0.25) is 11.7 Å². The summed E-state index contributed by atoms with van der Waals surface area (Å²) in [5.74, 6) is -0.489. The number of ketones is 1. The van der Waals surface area contributed by atoms with Crippen LogP contribution in [0.4, 0.5) is 10.5 Å². The number of benzene rings is 3. The number of nitrogens with zero attached hydrogens (tertiary/aromatic N) is 5. The summed E-state index contributed by atoms with van der Waals surface area (Å²) in [6.45, 7) is 8.62. The van der Waals surface area contributed by atoms with Crippen LogP contribution in [0.5, 0.6) is 0 Å². The third-order valence-corrected chi connectivity index (χ3v) is 9.20. The van der Waals surface area contributed by atoms with Crippen LogP contribution in [0.25, 0.3) is 39.2 Å². The molecule has 2 aromatic heterocycles. The van der Waals surface area contributed by atoms with Gasteiger partial charge in [-0.15, -0.1) is 0 Å². The predicted molar refractivity (Wildman–Crippen MR) is 197 cm³/mol. The lowest BCUT2D eigenvalue weighted by Gasteiger charge is -2.35. The second-order valence-corrected chi connectivity index (χ2v) is 14.1. The molecule has 2 amide bonds. The van der Waals surface area contributed by atoms with Crippen molar-refractivity contribution < 1.29 is 23.9 Å². The summed E-state index contributed by atoms with van der Waals surface area (Å²) < 4.78 is 13.3. The molecule has 2 aliphatic rings. The number of aryl methyl sites for hydroxylation is 1. The van der Waals surface area contributed by atoms with Crippen LogP contribution >= 0.6 is 0 Å². The summed E-state index contributed by atoms with van der Waals surface area (Å²) in [5.41, 5.74) is 6.60. The summed E-state index contributed by atoms with van der Waals surface area (Å²) >= 11 is 0. The number of hydrogen-bond donors (Lipinski definition) is 0. The van der Waals surface area contributed by atoms with E-state index in [-0.39, 0.29) is 29.5 Å². The average Bonchev–Trinajstić information content (AvgIpc) is 3.66. The Balaban J connectivity index is 1.38. The molecule has 0 atom stereocenters. The van der Waals surface area contributed by atoms with Gasteiger partial charge in [0.25, 0.3) is 0 Å². The largest absolute Gasteiger partial charge is 0.444 e. The van der Waals surface area contributed by atoms with Crippen molar-refractivity contribution in [3.63, 3.8) is 0 Å². The minimum Gasteiger partial charge on any atom is -0.444 e. The molecule has 0 radical (unpaired) electrons. The van der Waals surface area contributed by atoms with Crippen molar-refractivity contribution >= 4 is 40.4 Å². The second kappa shape index (κ2) is 13.6. The molecule has 0 spiro atoms. The van der Waals surface area contributed by atoms with Crippen LogP contribution in [-0.4, -0.2) is 62.3 Å². The molecule has 2 aliphatic heterocycles. The molecule has 1 saturated heterocycles. The van der Waals surface area contributed by atoms with Gasteiger partial charge in [-0.05, 0) is 92.3 Å². The van der Waals surface area contributed by atoms with E-state index in [2.05, 4.69) is 23.3 Å². The van der Waals surface area contributed by atoms with Crippen molar-refractivity contribution in [1.29, 1.82) is 0 Å². The Bertz CT molecular complexity index is 2190. The fraction of sp³-hybridized carbons (Fsp3) is 0.293. The number of amides is 2. The molecule has 4 heterocycles. The monoisotopic (exact) mass is 683 g/mol. The van der Waals surface area contributed by atoms with E-state index in [1.807, 2.05) is 81.5 Å². The Hall–Kier alpha value is -5.61. The number of hydrogen-bond acceptors (Lipinski definition) is 7. The molecule has 0 aliphatic carbocycles. The zero-order valence-corrected chi connectivity index (χ0v) is 29.6. The third-order valence-electron chi connectivity index (χ3n) is 9.20. The number of pyridine rings is 1. The normalized spacial score (nSPS) is 15.7. The zero-order chi connectivity index (χ0) is 35.9. The maximum absolute atomic E-state index is 13.6. The first kappa shape index (κ1) is 33.9. The van der Waals surface area contributed by atoms with E-state index < -0.39 is 5.60 Å². The smallest absolute Gasteiger partial charge is 0.410 e. The quantitative estimate of drug-likeness (QED) is 0.168. The van der Waals surface area contributed by atoms with Crippen LogP contribution in [0.15, 0.2) is 90.9 Å². The molecular weight excluding hydrogens is 642 g/mol. The Morgan fingerprint density at radius 2 is 1.67 bits per heavy atom. The van der Waals surface area contributed by atoms with E-state index in [1.165, 1.54) is 11.8 Å². The van der Waals surface area contributed by atoms with Crippen molar-refractivity contribution in [2.24, 2.45) is 7.05 Å². The van der Waals surface area contributed by atoms with E-state index >= 15 is 0 Å². The minimum atomic E-state index is -0.637.